The van der Waals surface area contributed by atoms with Gasteiger partial charge in [0.2, 0.25) is 0 Å². The predicted molar refractivity (Wildman–Crippen MR) is 132 cm³/mol. The van der Waals surface area contributed by atoms with Gasteiger partial charge in [0.1, 0.15) is 5.78 Å². The van der Waals surface area contributed by atoms with Crippen LogP contribution in [0.15, 0.2) is 11.6 Å². The highest BCUT2D eigenvalue weighted by Crippen LogP contribution is 2.67. The van der Waals surface area contributed by atoms with Crippen molar-refractivity contribution in [3.63, 3.8) is 0 Å². The van der Waals surface area contributed by atoms with Gasteiger partial charge in [-0.05, 0) is 97.7 Å². The number of aliphatic hydroxyl groups excluding tert-OH is 1. The van der Waals surface area contributed by atoms with Crippen molar-refractivity contribution in [2.75, 3.05) is 6.54 Å². The minimum absolute atomic E-state index is 0.104. The Morgan fingerprint density at radius 1 is 1.12 bits per heavy atom. The lowest BCUT2D eigenvalue weighted by Crippen LogP contribution is -2.50. The Bertz CT molecular complexity index is 716. The van der Waals surface area contributed by atoms with E-state index in [9.17, 15) is 9.90 Å². The van der Waals surface area contributed by atoms with Crippen molar-refractivity contribution in [3.8, 4) is 0 Å². The lowest BCUT2D eigenvalue weighted by Gasteiger charge is -2.58. The predicted octanol–water partition coefficient (Wildman–Crippen LogP) is 6.29. The highest BCUT2D eigenvalue weighted by Gasteiger charge is 2.59. The van der Waals surface area contributed by atoms with E-state index in [0.29, 0.717) is 23.2 Å². The summed E-state index contributed by atoms with van der Waals surface area (Å²) >= 11 is 0. The third-order valence-corrected chi connectivity index (χ3v) is 11.0. The van der Waals surface area contributed by atoms with Gasteiger partial charge >= 0.3 is 0 Å². The summed E-state index contributed by atoms with van der Waals surface area (Å²) in [7, 11) is 0. The molecule has 1 unspecified atom stereocenters. The molecular formula is C29H49NO2. The van der Waals surface area contributed by atoms with Gasteiger partial charge in [0.25, 0.3) is 0 Å². The van der Waals surface area contributed by atoms with Gasteiger partial charge in [-0.15, -0.1) is 0 Å². The number of allylic oxidation sites excluding steroid dienone is 1. The number of carbonyl (C=O) groups is 1. The van der Waals surface area contributed by atoms with Crippen LogP contribution >= 0.6 is 0 Å². The van der Waals surface area contributed by atoms with Crippen molar-refractivity contribution >= 4 is 5.78 Å². The van der Waals surface area contributed by atoms with Crippen LogP contribution in [0.5, 0.6) is 0 Å². The van der Waals surface area contributed by atoms with Gasteiger partial charge in [0, 0.05) is 6.42 Å². The third kappa shape index (κ3) is 4.38. The number of rotatable bonds is 8. The molecule has 0 aromatic rings. The summed E-state index contributed by atoms with van der Waals surface area (Å²) in [4.78, 5) is 11.6. The lowest BCUT2D eigenvalue weighted by atomic mass is 9.47. The summed E-state index contributed by atoms with van der Waals surface area (Å²) in [5.41, 5.74) is 7.94. The summed E-state index contributed by atoms with van der Waals surface area (Å²) in [6, 6.07) is 0. The van der Waals surface area contributed by atoms with E-state index in [4.69, 9.17) is 5.73 Å². The van der Waals surface area contributed by atoms with Crippen LogP contribution in [0, 0.1) is 46.3 Å². The fourth-order valence-electron chi connectivity index (χ4n) is 9.18. The average Bonchev–Trinajstić information content (AvgIpc) is 3.11. The summed E-state index contributed by atoms with van der Waals surface area (Å²) in [6.07, 6.45) is 16.8. The maximum atomic E-state index is 11.6. The summed E-state index contributed by atoms with van der Waals surface area (Å²) < 4.78 is 0. The van der Waals surface area contributed by atoms with Gasteiger partial charge in [0.05, 0.1) is 12.6 Å². The van der Waals surface area contributed by atoms with E-state index in [1.807, 2.05) is 0 Å². The largest absolute Gasteiger partial charge is 0.393 e. The lowest BCUT2D eigenvalue weighted by molar-refractivity contribution is -0.118. The van der Waals surface area contributed by atoms with Crippen molar-refractivity contribution in [2.45, 2.75) is 111 Å². The second-order valence-electron chi connectivity index (χ2n) is 12.8. The quantitative estimate of drug-likeness (QED) is 0.434. The number of hydrogen-bond donors (Lipinski definition) is 2. The van der Waals surface area contributed by atoms with Crippen LogP contribution in [-0.2, 0) is 4.79 Å². The molecule has 0 aromatic carbocycles. The number of fused-ring (bicyclic) bond motifs is 5. The van der Waals surface area contributed by atoms with Crippen molar-refractivity contribution in [1.29, 1.82) is 0 Å². The molecule has 0 aliphatic heterocycles. The maximum Gasteiger partial charge on any atom is 0.146 e. The van der Waals surface area contributed by atoms with E-state index < -0.39 is 0 Å². The van der Waals surface area contributed by atoms with E-state index in [0.717, 1.165) is 48.9 Å². The molecule has 4 rings (SSSR count). The maximum absolute atomic E-state index is 11.6. The minimum atomic E-state index is -0.104. The smallest absolute Gasteiger partial charge is 0.146 e. The molecule has 4 aliphatic carbocycles. The van der Waals surface area contributed by atoms with E-state index >= 15 is 0 Å². The number of ketones is 1. The minimum Gasteiger partial charge on any atom is -0.393 e. The highest BCUT2D eigenvalue weighted by molar-refractivity contribution is 5.80. The summed E-state index contributed by atoms with van der Waals surface area (Å²) in [5, 5.41) is 10.2. The van der Waals surface area contributed by atoms with Crippen LogP contribution in [0.2, 0.25) is 0 Å². The summed E-state index contributed by atoms with van der Waals surface area (Å²) in [6.45, 7) is 10.1. The van der Waals surface area contributed by atoms with Crippen molar-refractivity contribution in [3.05, 3.63) is 11.6 Å². The molecule has 0 radical (unpaired) electrons. The molecule has 0 heterocycles. The first-order chi connectivity index (χ1) is 15.2. The Morgan fingerprint density at radius 2 is 1.91 bits per heavy atom. The molecule has 0 aromatic heterocycles. The number of aliphatic hydroxyl groups is 1. The van der Waals surface area contributed by atoms with Crippen LogP contribution in [0.3, 0.4) is 0 Å². The molecule has 3 nitrogen and oxygen atoms in total. The summed E-state index contributed by atoms with van der Waals surface area (Å²) in [5.74, 6) is 4.91. The number of carbonyl (C=O) groups excluding carboxylic acids is 1. The molecule has 4 aliphatic rings. The van der Waals surface area contributed by atoms with Crippen LogP contribution in [-0.4, -0.2) is 23.5 Å². The van der Waals surface area contributed by atoms with Gasteiger partial charge < -0.3 is 10.8 Å². The topological polar surface area (TPSA) is 63.3 Å². The normalized spacial score (nSPS) is 42.9. The van der Waals surface area contributed by atoms with Crippen molar-refractivity contribution in [1.82, 2.24) is 0 Å². The Morgan fingerprint density at radius 3 is 2.66 bits per heavy atom. The van der Waals surface area contributed by atoms with Gasteiger partial charge in [0.15, 0.2) is 0 Å². The monoisotopic (exact) mass is 443 g/mol. The molecule has 32 heavy (non-hydrogen) atoms. The zero-order chi connectivity index (χ0) is 23.1. The molecule has 3 saturated carbocycles. The van der Waals surface area contributed by atoms with E-state index in [2.05, 4.69) is 33.8 Å². The Hall–Kier alpha value is -0.670. The first-order valence-electron chi connectivity index (χ1n) is 13.8. The molecule has 182 valence electrons. The molecule has 3 N–H and O–H groups in total. The molecule has 0 saturated heterocycles. The number of Topliss-reactive ketones (excluding diaryl/α,β-unsaturated/α-hetero) is 1. The second kappa shape index (κ2) is 9.53. The van der Waals surface area contributed by atoms with Crippen LogP contribution in [0.4, 0.5) is 0 Å². The van der Waals surface area contributed by atoms with Crippen molar-refractivity contribution < 1.29 is 9.90 Å². The highest BCUT2D eigenvalue weighted by atomic mass is 16.3. The van der Waals surface area contributed by atoms with E-state index in [-0.39, 0.29) is 18.4 Å². The van der Waals surface area contributed by atoms with Gasteiger partial charge in [-0.2, -0.15) is 0 Å². The second-order valence-corrected chi connectivity index (χ2v) is 12.8. The Labute approximate surface area is 197 Å². The Kier molecular flexibility index (Phi) is 7.28. The van der Waals surface area contributed by atoms with Crippen LogP contribution in [0.1, 0.15) is 105 Å². The first-order valence-corrected chi connectivity index (χ1v) is 13.8. The average molecular weight is 444 g/mol. The molecule has 9 atom stereocenters. The number of hydrogen-bond acceptors (Lipinski definition) is 3. The van der Waals surface area contributed by atoms with Gasteiger partial charge in [-0.1, -0.05) is 58.6 Å². The molecule has 0 spiro atoms. The fourth-order valence-corrected chi connectivity index (χ4v) is 9.18. The first kappa shape index (κ1) is 24.5. The van der Waals surface area contributed by atoms with Gasteiger partial charge in [-0.25, -0.2) is 0 Å². The SMILES string of the molecule is CC(CCC[C@@H](C)[C@H]1CC[C@H]2[C@@H]3CC=C4C[C@@H](O)CC[C@]4(C)[C@H]3CC[C@]12C)CC(=O)CN. The molecule has 0 bridgehead atoms. The molecule has 3 heteroatoms. The van der Waals surface area contributed by atoms with Crippen LogP contribution < -0.4 is 5.73 Å². The zero-order valence-corrected chi connectivity index (χ0v) is 21.2. The van der Waals surface area contributed by atoms with E-state index in [1.165, 1.54) is 51.4 Å². The Balaban J connectivity index is 1.38. The zero-order valence-electron chi connectivity index (χ0n) is 21.2. The molecule has 0 amide bonds. The van der Waals surface area contributed by atoms with Crippen LogP contribution in [0.25, 0.3) is 0 Å². The molecular weight excluding hydrogens is 394 g/mol. The third-order valence-electron chi connectivity index (χ3n) is 11.0. The standard InChI is InChI=1S/C29H49NO2/c1-19(16-23(32)18-30)6-5-7-20(2)25-10-11-26-24-9-8-21-17-22(31)12-14-28(21,3)27(24)13-15-29(25,26)4/h8,19-20,22,24-27,31H,5-7,9-18,30H2,1-4H3/t19?,20-,22+,24+,25-,26+,27+,28+,29-/m1/s1. The van der Waals surface area contributed by atoms with E-state index in [1.54, 1.807) is 5.57 Å². The fraction of sp³-hybridized carbons (Fsp3) is 0.897. The molecule has 3 fully saturated rings. The number of nitrogens with two attached hydrogens (primary N) is 1. The van der Waals surface area contributed by atoms with Crippen molar-refractivity contribution in [2.24, 2.45) is 52.1 Å². The van der Waals surface area contributed by atoms with Gasteiger partial charge in [-0.3, -0.25) is 4.79 Å².